The summed E-state index contributed by atoms with van der Waals surface area (Å²) >= 11 is 11.2. The topological polar surface area (TPSA) is 41.3 Å². The van der Waals surface area contributed by atoms with Crippen LogP contribution in [0, 0.1) is 5.92 Å². The number of piperidine rings is 1. The molecule has 0 aliphatic carbocycles. The standard InChI is InChI=1S/C14H20ClN3S/c1-18-7-3-4-10(9-18)8-17-12-6-2-5-11(15)13(12)14(16)19/h2,5-6,10,17H,3-4,7-9H2,1H3,(H2,16,19). The van der Waals surface area contributed by atoms with Gasteiger partial charge in [0.2, 0.25) is 0 Å². The molecule has 1 fully saturated rings. The van der Waals surface area contributed by atoms with E-state index in [0.29, 0.717) is 15.9 Å². The monoisotopic (exact) mass is 297 g/mol. The number of hydrogen-bond acceptors (Lipinski definition) is 3. The summed E-state index contributed by atoms with van der Waals surface area (Å²) in [4.78, 5) is 2.72. The largest absolute Gasteiger partial charge is 0.389 e. The molecule has 0 bridgehead atoms. The molecule has 1 heterocycles. The van der Waals surface area contributed by atoms with Crippen molar-refractivity contribution >= 4 is 34.5 Å². The number of thiocarbonyl (C=S) groups is 1. The summed E-state index contributed by atoms with van der Waals surface area (Å²) in [7, 11) is 2.17. The van der Waals surface area contributed by atoms with Gasteiger partial charge in [-0.2, -0.15) is 0 Å². The van der Waals surface area contributed by atoms with E-state index < -0.39 is 0 Å². The molecule has 3 N–H and O–H groups in total. The van der Waals surface area contributed by atoms with Crippen LogP contribution in [-0.4, -0.2) is 36.6 Å². The van der Waals surface area contributed by atoms with Crippen molar-refractivity contribution in [2.75, 3.05) is 32.0 Å². The summed E-state index contributed by atoms with van der Waals surface area (Å²) in [6.45, 7) is 3.27. The molecule has 1 unspecified atom stereocenters. The zero-order valence-corrected chi connectivity index (χ0v) is 12.7. The maximum Gasteiger partial charge on any atom is 0.107 e. The van der Waals surface area contributed by atoms with Crippen LogP contribution in [0.1, 0.15) is 18.4 Å². The molecule has 1 atom stereocenters. The van der Waals surface area contributed by atoms with Crippen LogP contribution in [0.4, 0.5) is 5.69 Å². The molecule has 0 amide bonds. The fourth-order valence-corrected chi connectivity index (χ4v) is 3.17. The van der Waals surface area contributed by atoms with Crippen molar-refractivity contribution in [2.45, 2.75) is 12.8 Å². The van der Waals surface area contributed by atoms with Gasteiger partial charge in [-0.15, -0.1) is 0 Å². The number of halogens is 1. The molecule has 1 saturated heterocycles. The summed E-state index contributed by atoms with van der Waals surface area (Å²) in [5.41, 5.74) is 7.44. The van der Waals surface area contributed by atoms with Crippen LogP contribution in [-0.2, 0) is 0 Å². The van der Waals surface area contributed by atoms with Gasteiger partial charge in [0.1, 0.15) is 4.99 Å². The van der Waals surface area contributed by atoms with E-state index in [1.165, 1.54) is 19.4 Å². The van der Waals surface area contributed by atoms with Crippen molar-refractivity contribution in [3.63, 3.8) is 0 Å². The maximum absolute atomic E-state index is 6.15. The Bertz CT molecular complexity index is 464. The first kappa shape index (κ1) is 14.6. The summed E-state index contributed by atoms with van der Waals surface area (Å²) in [5.74, 6) is 0.664. The molecule has 1 aliphatic rings. The fraction of sp³-hybridized carbons (Fsp3) is 0.500. The molecule has 0 saturated carbocycles. The molecular formula is C14H20ClN3S. The second-order valence-corrected chi connectivity index (χ2v) is 6.03. The van der Waals surface area contributed by atoms with E-state index in [2.05, 4.69) is 17.3 Å². The van der Waals surface area contributed by atoms with Gasteiger partial charge in [-0.1, -0.05) is 29.9 Å². The molecule has 0 aromatic heterocycles. The van der Waals surface area contributed by atoms with Gasteiger partial charge in [-0.25, -0.2) is 0 Å². The Balaban J connectivity index is 2.03. The van der Waals surface area contributed by atoms with Gasteiger partial charge in [-0.05, 0) is 44.5 Å². The van der Waals surface area contributed by atoms with Crippen molar-refractivity contribution in [2.24, 2.45) is 11.7 Å². The van der Waals surface area contributed by atoms with Gasteiger partial charge in [0, 0.05) is 18.8 Å². The molecular weight excluding hydrogens is 278 g/mol. The van der Waals surface area contributed by atoms with Crippen LogP contribution in [0.15, 0.2) is 18.2 Å². The molecule has 1 aromatic carbocycles. The van der Waals surface area contributed by atoms with Crippen molar-refractivity contribution < 1.29 is 0 Å². The molecule has 5 heteroatoms. The zero-order valence-electron chi connectivity index (χ0n) is 11.2. The zero-order chi connectivity index (χ0) is 13.8. The first-order valence-corrected chi connectivity index (χ1v) is 7.37. The van der Waals surface area contributed by atoms with Crippen molar-refractivity contribution in [3.05, 3.63) is 28.8 Å². The number of nitrogens with two attached hydrogens (primary N) is 1. The number of likely N-dealkylation sites (tertiary alicyclic amines) is 1. The van der Waals surface area contributed by atoms with Crippen LogP contribution in [0.2, 0.25) is 5.02 Å². The van der Waals surface area contributed by atoms with Gasteiger partial charge in [-0.3, -0.25) is 0 Å². The van der Waals surface area contributed by atoms with Crippen molar-refractivity contribution in [1.82, 2.24) is 4.90 Å². The number of rotatable bonds is 4. The average Bonchev–Trinajstić information content (AvgIpc) is 2.36. The third-order valence-corrected chi connectivity index (χ3v) is 4.08. The van der Waals surface area contributed by atoms with E-state index in [1.54, 1.807) is 0 Å². The highest BCUT2D eigenvalue weighted by Gasteiger charge is 2.17. The van der Waals surface area contributed by atoms with E-state index in [-0.39, 0.29) is 0 Å². The van der Waals surface area contributed by atoms with Crippen LogP contribution in [0.25, 0.3) is 0 Å². The lowest BCUT2D eigenvalue weighted by molar-refractivity contribution is 0.217. The van der Waals surface area contributed by atoms with Gasteiger partial charge in [0.15, 0.2) is 0 Å². The first-order valence-electron chi connectivity index (χ1n) is 6.58. The van der Waals surface area contributed by atoms with E-state index in [9.17, 15) is 0 Å². The second-order valence-electron chi connectivity index (χ2n) is 5.18. The van der Waals surface area contributed by atoms with Gasteiger partial charge < -0.3 is 16.0 Å². The Kier molecular flexibility index (Phi) is 5.02. The van der Waals surface area contributed by atoms with Gasteiger partial charge >= 0.3 is 0 Å². The van der Waals surface area contributed by atoms with E-state index >= 15 is 0 Å². The number of anilines is 1. The third-order valence-electron chi connectivity index (χ3n) is 3.56. The quantitative estimate of drug-likeness (QED) is 0.839. The molecule has 1 aromatic rings. The van der Waals surface area contributed by atoms with Crippen molar-refractivity contribution in [3.8, 4) is 0 Å². The number of hydrogen-bond donors (Lipinski definition) is 2. The van der Waals surface area contributed by atoms with Crippen molar-refractivity contribution in [1.29, 1.82) is 0 Å². The maximum atomic E-state index is 6.15. The van der Waals surface area contributed by atoms with E-state index in [0.717, 1.165) is 24.3 Å². The molecule has 104 valence electrons. The average molecular weight is 298 g/mol. The predicted octanol–water partition coefficient (Wildman–Crippen LogP) is 2.73. The fourth-order valence-electron chi connectivity index (χ4n) is 2.62. The van der Waals surface area contributed by atoms with E-state index in [1.807, 2.05) is 18.2 Å². The second kappa shape index (κ2) is 6.55. The normalized spacial score (nSPS) is 20.2. The molecule has 0 radical (unpaired) electrons. The van der Waals surface area contributed by atoms with Gasteiger partial charge in [0.25, 0.3) is 0 Å². The van der Waals surface area contributed by atoms with E-state index in [4.69, 9.17) is 29.6 Å². The number of nitrogens with one attached hydrogen (secondary N) is 1. The summed E-state index contributed by atoms with van der Waals surface area (Å²) in [6, 6.07) is 5.71. The van der Waals surface area contributed by atoms with Crippen LogP contribution >= 0.6 is 23.8 Å². The smallest absolute Gasteiger partial charge is 0.107 e. The SMILES string of the molecule is CN1CCCC(CNc2cccc(Cl)c2C(N)=S)C1. The highest BCUT2D eigenvalue weighted by atomic mass is 35.5. The highest BCUT2D eigenvalue weighted by Crippen LogP contribution is 2.25. The van der Waals surface area contributed by atoms with Crippen LogP contribution in [0.3, 0.4) is 0 Å². The number of nitrogens with zero attached hydrogens (tertiary/aromatic N) is 1. The Morgan fingerprint density at radius 1 is 1.58 bits per heavy atom. The number of benzene rings is 1. The molecule has 3 nitrogen and oxygen atoms in total. The minimum atomic E-state index is 0.342. The molecule has 19 heavy (non-hydrogen) atoms. The van der Waals surface area contributed by atoms with Crippen LogP contribution < -0.4 is 11.1 Å². The predicted molar refractivity (Wildman–Crippen MR) is 86.1 cm³/mol. The lowest BCUT2D eigenvalue weighted by atomic mass is 9.98. The minimum Gasteiger partial charge on any atom is -0.389 e. The Morgan fingerprint density at radius 2 is 2.37 bits per heavy atom. The summed E-state index contributed by atoms with van der Waals surface area (Å²) in [6.07, 6.45) is 2.53. The first-order chi connectivity index (χ1) is 9.08. The van der Waals surface area contributed by atoms with Crippen LogP contribution in [0.5, 0.6) is 0 Å². The molecule has 0 spiro atoms. The summed E-state index contributed by atoms with van der Waals surface area (Å²) in [5, 5.41) is 4.06. The summed E-state index contributed by atoms with van der Waals surface area (Å²) < 4.78 is 0. The van der Waals surface area contributed by atoms with Gasteiger partial charge in [0.05, 0.1) is 10.6 Å². The third kappa shape index (κ3) is 3.81. The Hall–Kier alpha value is -0.840. The Morgan fingerprint density at radius 3 is 3.05 bits per heavy atom. The highest BCUT2D eigenvalue weighted by molar-refractivity contribution is 7.80. The Labute approximate surface area is 125 Å². The molecule has 2 rings (SSSR count). The molecule has 1 aliphatic heterocycles. The minimum absolute atomic E-state index is 0.342. The lowest BCUT2D eigenvalue weighted by Crippen LogP contribution is -2.35. The lowest BCUT2D eigenvalue weighted by Gasteiger charge is -2.30.